The van der Waals surface area contributed by atoms with Crippen molar-refractivity contribution in [1.29, 1.82) is 0 Å². The van der Waals surface area contributed by atoms with Gasteiger partial charge in [0, 0.05) is 24.7 Å². The highest BCUT2D eigenvalue weighted by Crippen LogP contribution is 2.15. The normalized spacial score (nSPS) is 10.6. The molecule has 2 rings (SSSR count). The lowest BCUT2D eigenvalue weighted by Crippen LogP contribution is -2.27. The third-order valence-electron chi connectivity index (χ3n) is 3.38. The van der Waals surface area contributed by atoms with Crippen LogP contribution in [0, 0.1) is 6.92 Å². The van der Waals surface area contributed by atoms with Gasteiger partial charge in [-0.2, -0.15) is 0 Å². The largest absolute Gasteiger partial charge is 0.469 e. The van der Waals surface area contributed by atoms with E-state index in [0.717, 1.165) is 22.5 Å². The number of nitrogens with zero attached hydrogens (tertiary/aromatic N) is 1. The van der Waals surface area contributed by atoms with E-state index in [9.17, 15) is 4.79 Å². The average molecular weight is 272 g/mol. The van der Waals surface area contributed by atoms with E-state index < -0.39 is 0 Å². The number of aryl methyl sites for hydroxylation is 1. The highest BCUT2D eigenvalue weighted by atomic mass is 16.3. The van der Waals surface area contributed by atoms with Crippen molar-refractivity contribution in [2.24, 2.45) is 5.73 Å². The van der Waals surface area contributed by atoms with Gasteiger partial charge in [-0.15, -0.1) is 0 Å². The molecule has 2 N–H and O–H groups in total. The molecular formula is C16H20N2O2. The van der Waals surface area contributed by atoms with Gasteiger partial charge in [-0.1, -0.05) is 18.2 Å². The maximum atomic E-state index is 12.5. The van der Waals surface area contributed by atoms with Crippen LogP contribution in [-0.4, -0.2) is 24.4 Å². The van der Waals surface area contributed by atoms with Gasteiger partial charge in [-0.25, -0.2) is 0 Å². The molecule has 0 saturated heterocycles. The maximum absolute atomic E-state index is 12.5. The number of amides is 1. The van der Waals surface area contributed by atoms with Gasteiger partial charge in [0.2, 0.25) is 0 Å². The van der Waals surface area contributed by atoms with Crippen LogP contribution in [0.4, 0.5) is 0 Å². The minimum absolute atomic E-state index is 0.00894. The Kier molecular flexibility index (Phi) is 4.58. The lowest BCUT2D eigenvalue weighted by atomic mass is 10.0. The van der Waals surface area contributed by atoms with Gasteiger partial charge in [-0.3, -0.25) is 4.79 Å². The fourth-order valence-corrected chi connectivity index (χ4v) is 2.21. The summed E-state index contributed by atoms with van der Waals surface area (Å²) in [6.45, 7) is 2.98. The number of hydrogen-bond acceptors (Lipinski definition) is 3. The molecule has 2 aromatic rings. The highest BCUT2D eigenvalue weighted by molar-refractivity contribution is 5.95. The van der Waals surface area contributed by atoms with Gasteiger partial charge in [0.05, 0.1) is 6.26 Å². The second kappa shape index (κ2) is 6.39. The molecule has 0 aliphatic rings. The molecule has 0 unspecified atom stereocenters. The van der Waals surface area contributed by atoms with Gasteiger partial charge >= 0.3 is 0 Å². The van der Waals surface area contributed by atoms with E-state index in [-0.39, 0.29) is 5.91 Å². The zero-order chi connectivity index (χ0) is 14.5. The van der Waals surface area contributed by atoms with Crippen molar-refractivity contribution in [3.8, 4) is 0 Å². The monoisotopic (exact) mass is 272 g/mol. The van der Waals surface area contributed by atoms with Crippen LogP contribution in [0.1, 0.15) is 27.2 Å². The third kappa shape index (κ3) is 3.08. The summed E-state index contributed by atoms with van der Waals surface area (Å²) in [5, 5.41) is 0. The Balaban J connectivity index is 2.16. The molecule has 1 amide bonds. The summed E-state index contributed by atoms with van der Waals surface area (Å²) in [6, 6.07) is 9.51. The number of hydrogen-bond donors (Lipinski definition) is 1. The SMILES string of the molecule is Cc1occc1CN(C)C(=O)c1ccccc1CCN. The van der Waals surface area contributed by atoms with Gasteiger partial charge in [0.25, 0.3) is 5.91 Å². The smallest absolute Gasteiger partial charge is 0.254 e. The molecule has 1 aromatic heterocycles. The number of rotatable bonds is 5. The van der Waals surface area contributed by atoms with Gasteiger partial charge in [-0.05, 0) is 37.6 Å². The Labute approximate surface area is 119 Å². The first kappa shape index (κ1) is 14.3. The van der Waals surface area contributed by atoms with Crippen molar-refractivity contribution in [3.05, 3.63) is 59.0 Å². The van der Waals surface area contributed by atoms with Crippen LogP contribution in [0.5, 0.6) is 0 Å². The standard InChI is InChI=1S/C16H20N2O2/c1-12-14(8-10-20-12)11-18(2)16(19)15-6-4-3-5-13(15)7-9-17/h3-6,8,10H,7,9,11,17H2,1-2H3. The minimum atomic E-state index is 0.00894. The van der Waals surface area contributed by atoms with E-state index in [0.29, 0.717) is 19.5 Å². The van der Waals surface area contributed by atoms with Crippen LogP contribution in [0.25, 0.3) is 0 Å². The molecule has 0 fully saturated rings. The predicted molar refractivity (Wildman–Crippen MR) is 78.4 cm³/mol. The summed E-state index contributed by atoms with van der Waals surface area (Å²) in [4.78, 5) is 14.2. The van der Waals surface area contributed by atoms with Crippen LogP contribution in [0.3, 0.4) is 0 Å². The van der Waals surface area contributed by atoms with E-state index >= 15 is 0 Å². The van der Waals surface area contributed by atoms with Crippen LogP contribution in [0.15, 0.2) is 41.0 Å². The molecule has 0 atom stereocenters. The number of furan rings is 1. The maximum Gasteiger partial charge on any atom is 0.254 e. The number of nitrogens with two attached hydrogens (primary N) is 1. The summed E-state index contributed by atoms with van der Waals surface area (Å²) in [7, 11) is 1.80. The summed E-state index contributed by atoms with van der Waals surface area (Å²) in [5.41, 5.74) is 8.34. The lowest BCUT2D eigenvalue weighted by molar-refractivity contribution is 0.0783. The Hall–Kier alpha value is -2.07. The number of benzene rings is 1. The number of carbonyl (C=O) groups is 1. The molecule has 106 valence electrons. The Bertz CT molecular complexity index is 590. The molecule has 0 radical (unpaired) electrons. The Morgan fingerprint density at radius 1 is 1.25 bits per heavy atom. The quantitative estimate of drug-likeness (QED) is 0.909. The van der Waals surface area contributed by atoms with Crippen molar-refractivity contribution in [1.82, 2.24) is 4.90 Å². The minimum Gasteiger partial charge on any atom is -0.469 e. The molecule has 20 heavy (non-hydrogen) atoms. The summed E-state index contributed by atoms with van der Waals surface area (Å²) < 4.78 is 5.26. The first-order valence-electron chi connectivity index (χ1n) is 6.70. The molecule has 4 nitrogen and oxygen atoms in total. The second-order valence-electron chi connectivity index (χ2n) is 4.86. The van der Waals surface area contributed by atoms with Gasteiger partial charge < -0.3 is 15.1 Å². The third-order valence-corrected chi connectivity index (χ3v) is 3.38. The Morgan fingerprint density at radius 2 is 2.00 bits per heavy atom. The van der Waals surface area contributed by atoms with E-state index in [2.05, 4.69) is 0 Å². The molecule has 0 aliphatic carbocycles. The van der Waals surface area contributed by atoms with Gasteiger partial charge in [0.1, 0.15) is 5.76 Å². The van der Waals surface area contributed by atoms with Crippen LogP contribution in [0.2, 0.25) is 0 Å². The summed E-state index contributed by atoms with van der Waals surface area (Å²) >= 11 is 0. The van der Waals surface area contributed by atoms with Crippen LogP contribution < -0.4 is 5.73 Å². The van der Waals surface area contributed by atoms with Gasteiger partial charge in [0.15, 0.2) is 0 Å². The molecule has 1 aromatic carbocycles. The van der Waals surface area contributed by atoms with Crippen molar-refractivity contribution >= 4 is 5.91 Å². The first-order valence-corrected chi connectivity index (χ1v) is 6.70. The van der Waals surface area contributed by atoms with E-state index in [1.807, 2.05) is 37.3 Å². The lowest BCUT2D eigenvalue weighted by Gasteiger charge is -2.18. The van der Waals surface area contributed by atoms with Crippen molar-refractivity contribution < 1.29 is 9.21 Å². The highest BCUT2D eigenvalue weighted by Gasteiger charge is 2.16. The Morgan fingerprint density at radius 3 is 2.65 bits per heavy atom. The van der Waals surface area contributed by atoms with E-state index in [4.69, 9.17) is 10.2 Å². The summed E-state index contributed by atoms with van der Waals surface area (Å²) in [6.07, 6.45) is 2.35. The second-order valence-corrected chi connectivity index (χ2v) is 4.86. The van der Waals surface area contributed by atoms with Crippen LogP contribution >= 0.6 is 0 Å². The van der Waals surface area contributed by atoms with E-state index in [1.54, 1.807) is 18.2 Å². The molecule has 0 saturated carbocycles. The topological polar surface area (TPSA) is 59.5 Å². The molecule has 0 spiro atoms. The van der Waals surface area contributed by atoms with Crippen molar-refractivity contribution in [2.75, 3.05) is 13.6 Å². The first-order chi connectivity index (χ1) is 9.63. The molecular weight excluding hydrogens is 252 g/mol. The molecule has 4 heteroatoms. The predicted octanol–water partition coefficient (Wildman–Crippen LogP) is 2.36. The zero-order valence-corrected chi connectivity index (χ0v) is 11.9. The zero-order valence-electron chi connectivity index (χ0n) is 11.9. The number of carbonyl (C=O) groups excluding carboxylic acids is 1. The van der Waals surface area contributed by atoms with E-state index in [1.165, 1.54) is 0 Å². The van der Waals surface area contributed by atoms with Crippen LogP contribution in [-0.2, 0) is 13.0 Å². The summed E-state index contributed by atoms with van der Waals surface area (Å²) in [5.74, 6) is 0.856. The fourth-order valence-electron chi connectivity index (χ4n) is 2.21. The molecule has 1 heterocycles. The average Bonchev–Trinajstić information content (AvgIpc) is 2.84. The van der Waals surface area contributed by atoms with Crippen molar-refractivity contribution in [3.63, 3.8) is 0 Å². The fraction of sp³-hybridized carbons (Fsp3) is 0.312. The molecule has 0 aliphatic heterocycles. The molecule has 0 bridgehead atoms. The van der Waals surface area contributed by atoms with Crippen molar-refractivity contribution in [2.45, 2.75) is 19.9 Å².